The summed E-state index contributed by atoms with van der Waals surface area (Å²) >= 11 is 0. The Morgan fingerprint density at radius 2 is 2.04 bits per heavy atom. The van der Waals surface area contributed by atoms with Crippen LogP contribution >= 0.6 is 0 Å². The molecule has 0 saturated carbocycles. The van der Waals surface area contributed by atoms with Crippen LogP contribution in [0.3, 0.4) is 0 Å². The van der Waals surface area contributed by atoms with Gasteiger partial charge in [0.1, 0.15) is 5.69 Å². The van der Waals surface area contributed by atoms with Crippen molar-refractivity contribution in [2.45, 2.75) is 12.5 Å². The molecule has 0 aliphatic carbocycles. The molecule has 8 nitrogen and oxygen atoms in total. The van der Waals surface area contributed by atoms with E-state index in [0.29, 0.717) is 12.4 Å². The third kappa shape index (κ3) is 3.97. The van der Waals surface area contributed by atoms with E-state index in [0.717, 1.165) is 26.2 Å². The molecule has 23 heavy (non-hydrogen) atoms. The molecule has 0 aromatic carbocycles. The van der Waals surface area contributed by atoms with Gasteiger partial charge in [0.05, 0.1) is 11.5 Å². The number of rotatable bonds is 3. The zero-order chi connectivity index (χ0) is 16.4. The largest absolute Gasteiger partial charge is 0.347 e. The van der Waals surface area contributed by atoms with Gasteiger partial charge in [0.15, 0.2) is 9.84 Å². The van der Waals surface area contributed by atoms with Crippen LogP contribution in [0, 0.1) is 0 Å². The molecular weight excluding hydrogens is 318 g/mol. The average Bonchev–Trinajstić information content (AvgIpc) is 2.87. The number of nitrogens with zero attached hydrogens (tertiary/aromatic N) is 4. The summed E-state index contributed by atoms with van der Waals surface area (Å²) in [4.78, 5) is 25.1. The lowest BCUT2D eigenvalue weighted by atomic mass is 10.2. The third-order valence-electron chi connectivity index (χ3n) is 4.23. The van der Waals surface area contributed by atoms with Crippen LogP contribution in [0.25, 0.3) is 0 Å². The number of hydrogen-bond donors (Lipinski definition) is 1. The van der Waals surface area contributed by atoms with Crippen LogP contribution in [-0.2, 0) is 9.84 Å². The molecule has 1 atom stereocenters. The van der Waals surface area contributed by atoms with Crippen molar-refractivity contribution >= 4 is 21.7 Å². The van der Waals surface area contributed by atoms with Gasteiger partial charge in [0.2, 0.25) is 5.95 Å². The van der Waals surface area contributed by atoms with Gasteiger partial charge < -0.3 is 15.1 Å². The third-order valence-corrected chi connectivity index (χ3v) is 6.00. The summed E-state index contributed by atoms with van der Waals surface area (Å²) < 4.78 is 22.9. The Hall–Kier alpha value is -1.74. The quantitative estimate of drug-likeness (QED) is 0.766. The summed E-state index contributed by atoms with van der Waals surface area (Å²) in [7, 11) is -0.947. The molecule has 0 bridgehead atoms. The summed E-state index contributed by atoms with van der Waals surface area (Å²) in [5.41, 5.74) is 0.276. The van der Waals surface area contributed by atoms with Crippen molar-refractivity contribution in [2.24, 2.45) is 0 Å². The number of amides is 1. The van der Waals surface area contributed by atoms with Crippen molar-refractivity contribution in [3.05, 3.63) is 18.0 Å². The molecular formula is C14H21N5O3S. The fourth-order valence-electron chi connectivity index (χ4n) is 2.80. The molecule has 2 aliphatic heterocycles. The Labute approximate surface area is 135 Å². The van der Waals surface area contributed by atoms with Gasteiger partial charge in [-0.15, -0.1) is 0 Å². The first-order valence-electron chi connectivity index (χ1n) is 7.71. The second kappa shape index (κ2) is 6.40. The van der Waals surface area contributed by atoms with E-state index in [1.165, 1.54) is 0 Å². The molecule has 1 aromatic heterocycles. The first kappa shape index (κ1) is 16.1. The predicted octanol–water partition coefficient (Wildman–Crippen LogP) is -0.855. The van der Waals surface area contributed by atoms with Gasteiger partial charge in [-0.1, -0.05) is 0 Å². The highest BCUT2D eigenvalue weighted by Gasteiger charge is 2.29. The van der Waals surface area contributed by atoms with Crippen LogP contribution in [0.2, 0.25) is 0 Å². The Morgan fingerprint density at radius 1 is 1.30 bits per heavy atom. The van der Waals surface area contributed by atoms with Crippen molar-refractivity contribution < 1.29 is 13.2 Å². The summed E-state index contributed by atoms with van der Waals surface area (Å²) in [5, 5.41) is 2.75. The lowest BCUT2D eigenvalue weighted by Crippen LogP contribution is -2.45. The van der Waals surface area contributed by atoms with E-state index in [2.05, 4.69) is 32.1 Å². The molecule has 3 heterocycles. The topological polar surface area (TPSA) is 95.5 Å². The minimum atomic E-state index is -3.01. The molecule has 126 valence electrons. The average molecular weight is 339 g/mol. The maximum Gasteiger partial charge on any atom is 0.270 e. The monoisotopic (exact) mass is 339 g/mol. The van der Waals surface area contributed by atoms with Crippen molar-refractivity contribution in [1.82, 2.24) is 20.2 Å². The van der Waals surface area contributed by atoms with Crippen molar-refractivity contribution in [3.8, 4) is 0 Å². The normalized spacial score (nSPS) is 24.6. The predicted molar refractivity (Wildman–Crippen MR) is 86.3 cm³/mol. The fourth-order valence-corrected chi connectivity index (χ4v) is 4.48. The molecule has 1 aromatic rings. The molecule has 2 aliphatic rings. The zero-order valence-electron chi connectivity index (χ0n) is 13.1. The minimum absolute atomic E-state index is 0.00907. The van der Waals surface area contributed by atoms with Gasteiger partial charge in [-0.3, -0.25) is 4.79 Å². The highest BCUT2D eigenvalue weighted by atomic mass is 32.2. The van der Waals surface area contributed by atoms with Crippen LogP contribution in [0.1, 0.15) is 16.9 Å². The summed E-state index contributed by atoms with van der Waals surface area (Å²) in [5.74, 6) is 0.346. The number of anilines is 1. The molecule has 2 fully saturated rings. The van der Waals surface area contributed by atoms with Crippen molar-refractivity contribution in [2.75, 3.05) is 49.6 Å². The molecule has 0 spiro atoms. The van der Waals surface area contributed by atoms with Crippen molar-refractivity contribution in [3.63, 3.8) is 0 Å². The van der Waals surface area contributed by atoms with Crippen LogP contribution in [0.5, 0.6) is 0 Å². The van der Waals surface area contributed by atoms with Gasteiger partial charge in [-0.2, -0.15) is 0 Å². The first-order chi connectivity index (χ1) is 10.9. The van der Waals surface area contributed by atoms with E-state index in [4.69, 9.17) is 0 Å². The maximum atomic E-state index is 12.3. The summed E-state index contributed by atoms with van der Waals surface area (Å²) in [6.07, 6.45) is 2.03. The number of aromatic nitrogens is 2. The van der Waals surface area contributed by atoms with Gasteiger partial charge in [0.25, 0.3) is 5.91 Å². The summed E-state index contributed by atoms with van der Waals surface area (Å²) in [6.45, 7) is 3.50. The molecule has 1 N–H and O–H groups in total. The molecule has 0 radical (unpaired) electrons. The Morgan fingerprint density at radius 3 is 2.70 bits per heavy atom. The van der Waals surface area contributed by atoms with Crippen molar-refractivity contribution in [1.29, 1.82) is 0 Å². The molecule has 1 amide bonds. The van der Waals surface area contributed by atoms with Gasteiger partial charge >= 0.3 is 0 Å². The van der Waals surface area contributed by atoms with E-state index in [1.807, 2.05) is 0 Å². The number of likely N-dealkylation sites (N-methyl/N-ethyl adjacent to an activating group) is 1. The van der Waals surface area contributed by atoms with Gasteiger partial charge in [0, 0.05) is 38.4 Å². The van der Waals surface area contributed by atoms with E-state index < -0.39 is 9.84 Å². The number of nitrogens with one attached hydrogen (secondary N) is 1. The van der Waals surface area contributed by atoms with Crippen LogP contribution in [0.4, 0.5) is 5.95 Å². The number of piperazine rings is 1. The lowest BCUT2D eigenvalue weighted by molar-refractivity contribution is 0.0936. The van der Waals surface area contributed by atoms with E-state index in [1.54, 1.807) is 12.3 Å². The zero-order valence-corrected chi connectivity index (χ0v) is 13.9. The highest BCUT2D eigenvalue weighted by Crippen LogP contribution is 2.13. The Kier molecular flexibility index (Phi) is 4.49. The van der Waals surface area contributed by atoms with Crippen LogP contribution in [0.15, 0.2) is 12.3 Å². The minimum Gasteiger partial charge on any atom is -0.347 e. The molecule has 1 unspecified atom stereocenters. The lowest BCUT2D eigenvalue weighted by Gasteiger charge is -2.32. The van der Waals surface area contributed by atoms with Crippen LogP contribution in [-0.4, -0.2) is 80.0 Å². The number of carbonyl (C=O) groups is 1. The second-order valence-electron chi connectivity index (χ2n) is 6.11. The fraction of sp³-hybridized carbons (Fsp3) is 0.643. The Balaban J connectivity index is 1.66. The van der Waals surface area contributed by atoms with Crippen LogP contribution < -0.4 is 10.2 Å². The molecule has 3 rings (SSSR count). The van der Waals surface area contributed by atoms with E-state index in [9.17, 15) is 13.2 Å². The maximum absolute atomic E-state index is 12.3. The van der Waals surface area contributed by atoms with Gasteiger partial charge in [-0.25, -0.2) is 18.4 Å². The molecule has 2 saturated heterocycles. The highest BCUT2D eigenvalue weighted by molar-refractivity contribution is 7.91. The van der Waals surface area contributed by atoms with E-state index >= 15 is 0 Å². The standard InChI is InChI=1S/C14H21N5O3S/c1-18-5-7-19(8-6-18)14-15-4-2-12(17-14)13(20)16-11-3-9-23(21,22)10-11/h2,4,11H,3,5-10H2,1H3,(H,16,20). The number of sulfone groups is 1. The Bertz CT molecular complexity index is 685. The van der Waals surface area contributed by atoms with E-state index in [-0.39, 0.29) is 29.1 Å². The number of hydrogen-bond acceptors (Lipinski definition) is 7. The number of carbonyl (C=O) groups excluding carboxylic acids is 1. The smallest absolute Gasteiger partial charge is 0.270 e. The summed E-state index contributed by atoms with van der Waals surface area (Å²) in [6, 6.07) is 1.23. The second-order valence-corrected chi connectivity index (χ2v) is 8.33. The van der Waals surface area contributed by atoms with Gasteiger partial charge in [-0.05, 0) is 19.5 Å². The molecule has 9 heteroatoms. The SMILES string of the molecule is CN1CCN(c2nccc(C(=O)NC3CCS(=O)(=O)C3)n2)CC1. The first-order valence-corrected chi connectivity index (χ1v) is 9.53.